The monoisotopic (exact) mass is 457 g/mol. The highest BCUT2D eigenvalue weighted by molar-refractivity contribution is 6.48. The van der Waals surface area contributed by atoms with Crippen molar-refractivity contribution in [2.24, 2.45) is 0 Å². The summed E-state index contributed by atoms with van der Waals surface area (Å²) in [4.78, 5) is 30.5. The fourth-order valence-corrected chi connectivity index (χ4v) is 4.64. The second kappa shape index (κ2) is 9.12. The lowest BCUT2D eigenvalue weighted by atomic mass is 10.0. The summed E-state index contributed by atoms with van der Waals surface area (Å²) in [7, 11) is 0. The van der Waals surface area contributed by atoms with Crippen molar-refractivity contribution in [2.45, 2.75) is 19.3 Å². The third-order valence-electron chi connectivity index (χ3n) is 6.10. The van der Waals surface area contributed by atoms with E-state index in [9.17, 15) is 9.59 Å². The van der Waals surface area contributed by atoms with Gasteiger partial charge in [-0.1, -0.05) is 54.1 Å². The molecule has 0 bridgehead atoms. The maximum Gasteiger partial charge on any atom is 0.282 e. The number of nitrogens with zero attached hydrogens (tertiary/aromatic N) is 2. The van der Waals surface area contributed by atoms with Crippen molar-refractivity contribution in [3.8, 4) is 0 Å². The highest BCUT2D eigenvalue weighted by atomic mass is 35.5. The van der Waals surface area contributed by atoms with E-state index in [4.69, 9.17) is 11.6 Å². The molecule has 3 aromatic carbocycles. The number of piperidine rings is 1. The Balaban J connectivity index is 1.50. The number of anilines is 3. The zero-order valence-electron chi connectivity index (χ0n) is 18.1. The average Bonchev–Trinajstić information content (AvgIpc) is 3.10. The highest BCUT2D eigenvalue weighted by Gasteiger charge is 2.41. The number of carbonyl (C=O) groups excluding carboxylic acids is 2. The predicted molar refractivity (Wildman–Crippen MR) is 133 cm³/mol. The van der Waals surface area contributed by atoms with Crippen LogP contribution in [-0.2, 0) is 9.59 Å². The number of para-hydroxylation sites is 1. The zero-order valence-corrected chi connectivity index (χ0v) is 18.9. The molecule has 2 heterocycles. The van der Waals surface area contributed by atoms with E-state index in [0.29, 0.717) is 21.8 Å². The van der Waals surface area contributed by atoms with Gasteiger partial charge in [0.15, 0.2) is 0 Å². The Morgan fingerprint density at radius 2 is 1.39 bits per heavy atom. The second-order valence-electron chi connectivity index (χ2n) is 8.23. The Bertz CT molecular complexity index is 1220. The van der Waals surface area contributed by atoms with Crippen molar-refractivity contribution in [3.05, 3.63) is 95.1 Å². The Labute approximate surface area is 198 Å². The van der Waals surface area contributed by atoms with Crippen LogP contribution in [0.1, 0.15) is 24.8 Å². The number of rotatable bonds is 5. The predicted octanol–water partition coefficient (Wildman–Crippen LogP) is 5.73. The Morgan fingerprint density at radius 3 is 2.09 bits per heavy atom. The SMILES string of the molecule is O=C1C(Nc2ccc(N3CCCCC3)cc2)=C(c2ccccc2)C(=O)N1c1ccccc1Cl. The first-order valence-corrected chi connectivity index (χ1v) is 11.6. The van der Waals surface area contributed by atoms with Gasteiger partial charge in [-0.25, -0.2) is 4.90 Å². The van der Waals surface area contributed by atoms with E-state index >= 15 is 0 Å². The normalized spacial score (nSPS) is 16.5. The van der Waals surface area contributed by atoms with E-state index in [-0.39, 0.29) is 5.70 Å². The van der Waals surface area contributed by atoms with Crippen LogP contribution in [0.15, 0.2) is 84.6 Å². The van der Waals surface area contributed by atoms with Crippen LogP contribution in [0.3, 0.4) is 0 Å². The number of nitrogens with one attached hydrogen (secondary N) is 1. The van der Waals surface area contributed by atoms with Gasteiger partial charge in [0.05, 0.1) is 16.3 Å². The summed E-state index contributed by atoms with van der Waals surface area (Å²) in [5.74, 6) is -0.821. The lowest BCUT2D eigenvalue weighted by Crippen LogP contribution is -2.32. The van der Waals surface area contributed by atoms with Gasteiger partial charge in [-0.05, 0) is 61.2 Å². The van der Waals surface area contributed by atoms with E-state index in [0.717, 1.165) is 23.7 Å². The molecule has 0 aromatic heterocycles. The molecule has 0 unspecified atom stereocenters. The first kappa shape index (κ1) is 21.3. The third-order valence-corrected chi connectivity index (χ3v) is 6.42. The molecule has 1 N–H and O–H groups in total. The largest absolute Gasteiger partial charge is 0.372 e. The standard InChI is InChI=1S/C27H24ClN3O2/c28-22-11-5-6-12-23(22)31-26(32)24(19-9-3-1-4-10-19)25(27(31)33)29-20-13-15-21(16-14-20)30-17-7-2-8-18-30/h1,3-6,9-16,29H,2,7-8,17-18H2. The van der Waals surface area contributed by atoms with Gasteiger partial charge in [0, 0.05) is 24.5 Å². The smallest absolute Gasteiger partial charge is 0.282 e. The summed E-state index contributed by atoms with van der Waals surface area (Å²) >= 11 is 6.34. The van der Waals surface area contributed by atoms with E-state index in [2.05, 4.69) is 22.3 Å². The number of imide groups is 1. The van der Waals surface area contributed by atoms with Crippen LogP contribution in [0.5, 0.6) is 0 Å². The highest BCUT2D eigenvalue weighted by Crippen LogP contribution is 2.36. The van der Waals surface area contributed by atoms with Crippen molar-refractivity contribution in [1.82, 2.24) is 0 Å². The van der Waals surface area contributed by atoms with Crippen LogP contribution in [0, 0.1) is 0 Å². The molecule has 0 spiro atoms. The number of hydrogen-bond acceptors (Lipinski definition) is 4. The molecule has 0 saturated carbocycles. The van der Waals surface area contributed by atoms with Gasteiger partial charge in [0.2, 0.25) is 0 Å². The molecule has 0 aliphatic carbocycles. The van der Waals surface area contributed by atoms with E-state index in [1.807, 2.05) is 42.5 Å². The maximum atomic E-state index is 13.5. The second-order valence-corrected chi connectivity index (χ2v) is 8.64. The number of benzene rings is 3. The summed E-state index contributed by atoms with van der Waals surface area (Å²) in [6.07, 6.45) is 3.70. The van der Waals surface area contributed by atoms with Gasteiger partial charge in [-0.2, -0.15) is 0 Å². The molecule has 166 valence electrons. The molecule has 3 aromatic rings. The minimum absolute atomic E-state index is 0.247. The van der Waals surface area contributed by atoms with Gasteiger partial charge < -0.3 is 10.2 Å². The molecule has 5 nitrogen and oxygen atoms in total. The number of hydrogen-bond donors (Lipinski definition) is 1. The molecule has 33 heavy (non-hydrogen) atoms. The van der Waals surface area contributed by atoms with Crippen LogP contribution in [-0.4, -0.2) is 24.9 Å². The first-order valence-electron chi connectivity index (χ1n) is 11.2. The number of amides is 2. The molecule has 6 heteroatoms. The average molecular weight is 458 g/mol. The minimum atomic E-state index is -0.424. The van der Waals surface area contributed by atoms with Crippen molar-refractivity contribution in [1.29, 1.82) is 0 Å². The van der Waals surface area contributed by atoms with Gasteiger partial charge in [-0.15, -0.1) is 0 Å². The van der Waals surface area contributed by atoms with E-state index < -0.39 is 11.8 Å². The van der Waals surface area contributed by atoms with Crippen LogP contribution >= 0.6 is 11.6 Å². The van der Waals surface area contributed by atoms with Crippen molar-refractivity contribution < 1.29 is 9.59 Å². The topological polar surface area (TPSA) is 52.7 Å². The van der Waals surface area contributed by atoms with Gasteiger partial charge in [-0.3, -0.25) is 9.59 Å². The van der Waals surface area contributed by atoms with Crippen LogP contribution < -0.4 is 15.1 Å². The van der Waals surface area contributed by atoms with Crippen LogP contribution in [0.25, 0.3) is 5.57 Å². The fourth-order valence-electron chi connectivity index (χ4n) is 4.42. The molecular formula is C27H24ClN3O2. The lowest BCUT2D eigenvalue weighted by Gasteiger charge is -2.28. The summed E-state index contributed by atoms with van der Waals surface area (Å²) < 4.78 is 0. The molecule has 0 atom stereocenters. The van der Waals surface area contributed by atoms with Crippen LogP contribution in [0.4, 0.5) is 17.1 Å². The summed E-state index contributed by atoms with van der Waals surface area (Å²) in [5, 5.41) is 3.57. The molecule has 1 fully saturated rings. The first-order chi connectivity index (χ1) is 16.1. The molecule has 2 aliphatic rings. The molecule has 0 radical (unpaired) electrons. The number of carbonyl (C=O) groups is 2. The van der Waals surface area contributed by atoms with Crippen molar-refractivity contribution in [3.63, 3.8) is 0 Å². The van der Waals surface area contributed by atoms with Crippen molar-refractivity contribution >= 4 is 46.1 Å². The molecule has 2 aliphatic heterocycles. The van der Waals surface area contributed by atoms with Crippen LogP contribution in [0.2, 0.25) is 5.02 Å². The third kappa shape index (κ3) is 4.12. The molecule has 1 saturated heterocycles. The molecule has 5 rings (SSSR count). The number of halogens is 1. The van der Waals surface area contributed by atoms with Gasteiger partial charge in [0.25, 0.3) is 11.8 Å². The molecule has 2 amide bonds. The Kier molecular flexibility index (Phi) is 5.88. The quantitative estimate of drug-likeness (QED) is 0.497. The van der Waals surface area contributed by atoms with Gasteiger partial charge in [0.1, 0.15) is 5.70 Å². The Hall–Kier alpha value is -3.57. The fraction of sp³-hybridized carbons (Fsp3) is 0.185. The molecular weight excluding hydrogens is 434 g/mol. The Morgan fingerprint density at radius 1 is 0.727 bits per heavy atom. The summed E-state index contributed by atoms with van der Waals surface area (Å²) in [6, 6.07) is 24.1. The van der Waals surface area contributed by atoms with E-state index in [1.165, 1.54) is 24.9 Å². The van der Waals surface area contributed by atoms with Gasteiger partial charge >= 0.3 is 0 Å². The van der Waals surface area contributed by atoms with Crippen molar-refractivity contribution in [2.75, 3.05) is 28.2 Å². The maximum absolute atomic E-state index is 13.5. The zero-order chi connectivity index (χ0) is 22.8. The summed E-state index contributed by atoms with van der Waals surface area (Å²) in [5.41, 5.74) is 3.56. The summed E-state index contributed by atoms with van der Waals surface area (Å²) in [6.45, 7) is 2.13. The lowest BCUT2D eigenvalue weighted by molar-refractivity contribution is -0.120. The minimum Gasteiger partial charge on any atom is -0.372 e. The van der Waals surface area contributed by atoms with E-state index in [1.54, 1.807) is 24.3 Å².